The number of benzene rings is 2. The number of methoxy groups -OCH3 is 4. The van der Waals surface area contributed by atoms with Crippen molar-refractivity contribution in [1.29, 1.82) is 0 Å². The van der Waals surface area contributed by atoms with Gasteiger partial charge in [0, 0.05) is 12.8 Å². The fourth-order valence-electron chi connectivity index (χ4n) is 4.96. The van der Waals surface area contributed by atoms with Crippen LogP contribution in [0.3, 0.4) is 0 Å². The van der Waals surface area contributed by atoms with E-state index in [1.54, 1.807) is 35.5 Å². The Balaban J connectivity index is 1.26. The number of esters is 2. The van der Waals surface area contributed by atoms with Gasteiger partial charge in [0.2, 0.25) is 11.8 Å². The van der Waals surface area contributed by atoms with Crippen molar-refractivity contribution >= 4 is 66.9 Å². The predicted molar refractivity (Wildman–Crippen MR) is 175 cm³/mol. The molecule has 0 aliphatic heterocycles. The van der Waals surface area contributed by atoms with Gasteiger partial charge in [-0.2, -0.15) is 9.98 Å². The second-order valence-corrected chi connectivity index (χ2v) is 12.4. The molecule has 0 spiro atoms. The lowest BCUT2D eigenvalue weighted by Gasteiger charge is -2.07. The molecule has 0 bridgehead atoms. The van der Waals surface area contributed by atoms with Gasteiger partial charge in [0.15, 0.2) is 9.60 Å². The van der Waals surface area contributed by atoms with Crippen LogP contribution >= 0.6 is 22.7 Å². The first-order valence-corrected chi connectivity index (χ1v) is 16.5. The van der Waals surface area contributed by atoms with Gasteiger partial charge in [-0.1, -0.05) is 60.5 Å². The molecule has 2 amide bonds. The molecule has 0 saturated heterocycles. The zero-order chi connectivity index (χ0) is 33.1. The molecule has 2 heterocycles. The second-order valence-electron chi connectivity index (χ2n) is 10.3. The summed E-state index contributed by atoms with van der Waals surface area (Å²) < 4.78 is 25.6. The Bertz CT molecular complexity index is 1720. The molecule has 2 aromatic carbocycles. The minimum Gasteiger partial charge on any atom is -0.495 e. The van der Waals surface area contributed by atoms with Crippen LogP contribution in [0.2, 0.25) is 0 Å². The Morgan fingerprint density at radius 2 is 1.00 bits per heavy atom. The summed E-state index contributed by atoms with van der Waals surface area (Å²) in [7, 11) is 5.74. The monoisotopic (exact) mass is 670 g/mol. The van der Waals surface area contributed by atoms with Crippen molar-refractivity contribution in [3.05, 3.63) is 46.0 Å². The number of nitrogens with zero attached hydrogens (tertiary/aromatic N) is 4. The predicted octanol–water partition coefficient (Wildman–Crippen LogP) is 4.76. The van der Waals surface area contributed by atoms with Gasteiger partial charge < -0.3 is 28.1 Å². The Hall–Kier alpha value is -4.30. The number of thiazole rings is 2. The van der Waals surface area contributed by atoms with Gasteiger partial charge in [-0.15, -0.1) is 0 Å². The number of unbranched alkanes of at least 4 members (excludes halogenated alkanes) is 5. The molecule has 0 atom stereocenters. The third-order valence-corrected chi connectivity index (χ3v) is 9.36. The summed E-state index contributed by atoms with van der Waals surface area (Å²) in [5.41, 5.74) is 1.39. The topological polar surface area (TPSA) is 140 Å². The number of hydrogen-bond donors (Lipinski definition) is 0. The van der Waals surface area contributed by atoms with Crippen molar-refractivity contribution in [2.24, 2.45) is 9.98 Å². The van der Waals surface area contributed by atoms with Crippen molar-refractivity contribution in [2.75, 3.05) is 28.4 Å². The van der Waals surface area contributed by atoms with E-state index in [-0.39, 0.29) is 24.9 Å². The van der Waals surface area contributed by atoms with E-state index in [0.29, 0.717) is 57.8 Å². The molecule has 0 radical (unpaired) electrons. The smallest absolute Gasteiger partial charge is 0.325 e. The van der Waals surface area contributed by atoms with E-state index in [1.807, 2.05) is 24.3 Å². The molecule has 0 unspecified atom stereocenters. The van der Waals surface area contributed by atoms with Gasteiger partial charge in [0.05, 0.1) is 37.8 Å². The maximum absolute atomic E-state index is 12.7. The number of fused-ring (bicyclic) bond motifs is 2. The number of aromatic nitrogens is 2. The molecule has 2 aromatic heterocycles. The van der Waals surface area contributed by atoms with Gasteiger partial charge in [-0.25, -0.2) is 0 Å². The minimum absolute atomic E-state index is 0.0783. The molecule has 0 fully saturated rings. The van der Waals surface area contributed by atoms with Crippen molar-refractivity contribution < 1.29 is 38.1 Å². The zero-order valence-corrected chi connectivity index (χ0v) is 28.0. The second kappa shape index (κ2) is 16.9. The highest BCUT2D eigenvalue weighted by molar-refractivity contribution is 7.16. The number of carbonyl (C=O) groups is 4. The molecule has 4 aromatic rings. The SMILES string of the molecule is COC(=O)Cn1c(=NC(=O)CCCCCCCCC(=O)N=c2sc3cccc(OC)c3n2CC(=O)OC)sc2cccc(OC)c21. The van der Waals surface area contributed by atoms with E-state index in [9.17, 15) is 19.2 Å². The van der Waals surface area contributed by atoms with E-state index in [4.69, 9.17) is 18.9 Å². The van der Waals surface area contributed by atoms with E-state index >= 15 is 0 Å². The number of carbonyl (C=O) groups excluding carboxylic acids is 4. The number of rotatable bonds is 15. The van der Waals surface area contributed by atoms with E-state index in [1.165, 1.54) is 36.9 Å². The average Bonchev–Trinajstić information content (AvgIpc) is 3.58. The van der Waals surface area contributed by atoms with Crippen LogP contribution in [0.5, 0.6) is 11.5 Å². The van der Waals surface area contributed by atoms with Crippen LogP contribution in [-0.2, 0) is 41.7 Å². The highest BCUT2D eigenvalue weighted by Gasteiger charge is 2.17. The molecule has 12 nitrogen and oxygen atoms in total. The molecular weight excluding hydrogens is 633 g/mol. The lowest BCUT2D eigenvalue weighted by Crippen LogP contribution is -2.22. The molecule has 246 valence electrons. The third kappa shape index (κ3) is 8.69. The summed E-state index contributed by atoms with van der Waals surface area (Å²) in [6.45, 7) is -0.157. The first-order valence-electron chi connectivity index (χ1n) is 14.9. The summed E-state index contributed by atoms with van der Waals surface area (Å²) in [6, 6.07) is 11.1. The Morgan fingerprint density at radius 1 is 0.609 bits per heavy atom. The molecule has 4 rings (SSSR count). The molecule has 0 aliphatic rings. The van der Waals surface area contributed by atoms with Crippen LogP contribution < -0.4 is 19.1 Å². The highest BCUT2D eigenvalue weighted by Crippen LogP contribution is 2.28. The maximum Gasteiger partial charge on any atom is 0.325 e. The van der Waals surface area contributed by atoms with Crippen molar-refractivity contribution in [3.63, 3.8) is 0 Å². The maximum atomic E-state index is 12.7. The van der Waals surface area contributed by atoms with Crippen LogP contribution in [0.25, 0.3) is 20.4 Å². The van der Waals surface area contributed by atoms with Gasteiger partial charge >= 0.3 is 11.9 Å². The quantitative estimate of drug-likeness (QED) is 0.130. The van der Waals surface area contributed by atoms with Gasteiger partial charge in [0.1, 0.15) is 35.6 Å². The largest absolute Gasteiger partial charge is 0.495 e. The standard InChI is InChI=1S/C32H38N4O8S2/c1-41-21-13-11-15-23-29(21)35(19-27(39)43-3)31(45-23)33-25(37)17-9-7-5-6-8-10-18-26(38)34-32-36(20-28(40)44-4)30-22(42-2)14-12-16-24(30)46-32/h11-16H,5-10,17-20H2,1-4H3. The van der Waals surface area contributed by atoms with Crippen LogP contribution in [0.4, 0.5) is 0 Å². The molecule has 0 aliphatic carbocycles. The summed E-state index contributed by atoms with van der Waals surface area (Å²) >= 11 is 2.64. The Morgan fingerprint density at radius 3 is 1.37 bits per heavy atom. The molecule has 46 heavy (non-hydrogen) atoms. The van der Waals surface area contributed by atoms with E-state index < -0.39 is 11.9 Å². The van der Waals surface area contributed by atoms with Crippen molar-refractivity contribution in [1.82, 2.24) is 9.13 Å². The van der Waals surface area contributed by atoms with Gasteiger partial charge in [-0.3, -0.25) is 19.2 Å². The summed E-state index contributed by atoms with van der Waals surface area (Å²) in [6.07, 6.45) is 5.55. The summed E-state index contributed by atoms with van der Waals surface area (Å²) in [5, 5.41) is 0. The first kappa shape index (κ1) is 34.6. The number of ether oxygens (including phenoxy) is 4. The molecule has 0 saturated carbocycles. The van der Waals surface area contributed by atoms with Crippen molar-refractivity contribution in [2.45, 2.75) is 64.5 Å². The van der Waals surface area contributed by atoms with E-state index in [0.717, 1.165) is 35.1 Å². The van der Waals surface area contributed by atoms with Gasteiger partial charge in [-0.05, 0) is 37.1 Å². The lowest BCUT2D eigenvalue weighted by atomic mass is 10.1. The van der Waals surface area contributed by atoms with Crippen LogP contribution in [0.15, 0.2) is 46.4 Å². The number of hydrogen-bond acceptors (Lipinski definition) is 10. The van der Waals surface area contributed by atoms with Crippen LogP contribution in [-0.4, -0.2) is 61.3 Å². The highest BCUT2D eigenvalue weighted by atomic mass is 32.1. The fraction of sp³-hybridized carbons (Fsp3) is 0.438. The first-order chi connectivity index (χ1) is 22.3. The minimum atomic E-state index is -0.446. The lowest BCUT2D eigenvalue weighted by molar-refractivity contribution is -0.142. The summed E-state index contributed by atoms with van der Waals surface area (Å²) in [4.78, 5) is 59.0. The number of amides is 2. The van der Waals surface area contributed by atoms with Crippen LogP contribution in [0.1, 0.15) is 51.4 Å². The average molecular weight is 671 g/mol. The molecule has 14 heteroatoms. The Kier molecular flexibility index (Phi) is 12.7. The molecular formula is C32H38N4O8S2. The Labute approximate surface area is 273 Å². The van der Waals surface area contributed by atoms with Gasteiger partial charge in [0.25, 0.3) is 0 Å². The summed E-state index contributed by atoms with van der Waals surface area (Å²) in [5.74, 6) is -0.218. The normalized spacial score (nSPS) is 12.1. The number of para-hydroxylation sites is 2. The third-order valence-electron chi connectivity index (χ3n) is 7.27. The van der Waals surface area contributed by atoms with Crippen molar-refractivity contribution in [3.8, 4) is 11.5 Å². The van der Waals surface area contributed by atoms with E-state index in [2.05, 4.69) is 9.98 Å². The van der Waals surface area contributed by atoms with Crippen LogP contribution in [0, 0.1) is 0 Å². The molecule has 0 N–H and O–H groups in total. The zero-order valence-electron chi connectivity index (χ0n) is 26.4. The fourth-order valence-corrected chi connectivity index (χ4v) is 7.09.